The SMILES string of the molecule is CCOC(=O)C1COC(=O)C1=O. The first-order chi connectivity index (χ1) is 5.66. The number of carbonyl (C=O) groups is 3. The molecule has 0 amide bonds. The quantitative estimate of drug-likeness (QED) is 0.312. The number of rotatable bonds is 2. The molecule has 1 rings (SSSR count). The predicted molar refractivity (Wildman–Crippen MR) is 36.1 cm³/mol. The molecule has 1 aliphatic rings. The zero-order chi connectivity index (χ0) is 9.14. The number of hydrogen-bond acceptors (Lipinski definition) is 5. The molecule has 1 aliphatic heterocycles. The predicted octanol–water partition coefficient (Wildman–Crippen LogP) is -0.708. The average Bonchev–Trinajstić information content (AvgIpc) is 2.34. The second-order valence-corrected chi connectivity index (χ2v) is 2.27. The van der Waals surface area contributed by atoms with Gasteiger partial charge in [0, 0.05) is 0 Å². The van der Waals surface area contributed by atoms with Crippen molar-refractivity contribution in [2.45, 2.75) is 6.92 Å². The van der Waals surface area contributed by atoms with Crippen LogP contribution in [0.25, 0.3) is 0 Å². The number of esters is 2. The van der Waals surface area contributed by atoms with Crippen LogP contribution >= 0.6 is 0 Å². The van der Waals surface area contributed by atoms with Gasteiger partial charge < -0.3 is 9.47 Å². The maximum atomic E-state index is 10.9. The minimum Gasteiger partial charge on any atom is -0.465 e. The summed E-state index contributed by atoms with van der Waals surface area (Å²) in [5.74, 6) is -3.49. The number of hydrogen-bond donors (Lipinski definition) is 0. The highest BCUT2D eigenvalue weighted by atomic mass is 16.6. The molecular formula is C7H8O5. The Bertz CT molecular complexity index is 232. The van der Waals surface area contributed by atoms with Crippen LogP contribution in [0.5, 0.6) is 0 Å². The van der Waals surface area contributed by atoms with Gasteiger partial charge in [-0.3, -0.25) is 9.59 Å². The van der Waals surface area contributed by atoms with Crippen molar-refractivity contribution in [2.24, 2.45) is 5.92 Å². The van der Waals surface area contributed by atoms with E-state index < -0.39 is 23.6 Å². The van der Waals surface area contributed by atoms with E-state index in [4.69, 9.17) is 0 Å². The van der Waals surface area contributed by atoms with E-state index in [0.717, 1.165) is 0 Å². The van der Waals surface area contributed by atoms with Gasteiger partial charge in [-0.1, -0.05) is 0 Å². The van der Waals surface area contributed by atoms with Gasteiger partial charge in [-0.15, -0.1) is 0 Å². The average molecular weight is 172 g/mol. The fraction of sp³-hybridized carbons (Fsp3) is 0.571. The molecule has 12 heavy (non-hydrogen) atoms. The molecule has 1 atom stereocenters. The van der Waals surface area contributed by atoms with Crippen molar-refractivity contribution >= 4 is 17.7 Å². The zero-order valence-corrected chi connectivity index (χ0v) is 6.53. The Balaban J connectivity index is 2.59. The van der Waals surface area contributed by atoms with E-state index in [1.807, 2.05) is 0 Å². The van der Waals surface area contributed by atoms with E-state index in [1.165, 1.54) is 0 Å². The van der Waals surface area contributed by atoms with Crippen LogP contribution in [0, 0.1) is 5.92 Å². The van der Waals surface area contributed by atoms with Crippen molar-refractivity contribution in [3.8, 4) is 0 Å². The highest BCUT2D eigenvalue weighted by Gasteiger charge is 2.40. The molecule has 1 saturated heterocycles. The van der Waals surface area contributed by atoms with Crippen molar-refractivity contribution in [1.82, 2.24) is 0 Å². The topological polar surface area (TPSA) is 69.7 Å². The van der Waals surface area contributed by atoms with Gasteiger partial charge in [-0.05, 0) is 6.92 Å². The van der Waals surface area contributed by atoms with Crippen molar-refractivity contribution in [1.29, 1.82) is 0 Å². The largest absolute Gasteiger partial charge is 0.465 e. The minimum absolute atomic E-state index is 0.184. The fourth-order valence-electron chi connectivity index (χ4n) is 0.866. The maximum Gasteiger partial charge on any atom is 0.375 e. The molecule has 0 aromatic rings. The molecule has 1 fully saturated rings. The van der Waals surface area contributed by atoms with Crippen molar-refractivity contribution in [3.05, 3.63) is 0 Å². The lowest BCUT2D eigenvalue weighted by molar-refractivity contribution is -0.152. The molecule has 5 nitrogen and oxygen atoms in total. The van der Waals surface area contributed by atoms with Gasteiger partial charge in [0.2, 0.25) is 0 Å². The molecule has 0 bridgehead atoms. The molecule has 0 radical (unpaired) electrons. The maximum absolute atomic E-state index is 10.9. The van der Waals surface area contributed by atoms with Crippen molar-refractivity contribution in [3.63, 3.8) is 0 Å². The second-order valence-electron chi connectivity index (χ2n) is 2.27. The summed E-state index contributed by atoms with van der Waals surface area (Å²) in [4.78, 5) is 32.3. The van der Waals surface area contributed by atoms with Gasteiger partial charge >= 0.3 is 11.9 Å². The molecule has 0 aliphatic carbocycles. The van der Waals surface area contributed by atoms with Gasteiger partial charge in [0.05, 0.1) is 6.61 Å². The zero-order valence-electron chi connectivity index (χ0n) is 6.53. The highest BCUT2D eigenvalue weighted by Crippen LogP contribution is 2.11. The van der Waals surface area contributed by atoms with E-state index in [1.54, 1.807) is 6.92 Å². The summed E-state index contributed by atoms with van der Waals surface area (Å²) in [6, 6.07) is 0. The molecule has 0 aromatic carbocycles. The summed E-state index contributed by atoms with van der Waals surface area (Å²) < 4.78 is 8.91. The van der Waals surface area contributed by atoms with Crippen LogP contribution < -0.4 is 0 Å². The molecule has 1 heterocycles. The smallest absolute Gasteiger partial charge is 0.375 e. The van der Waals surface area contributed by atoms with E-state index in [2.05, 4.69) is 9.47 Å². The third-order valence-corrected chi connectivity index (χ3v) is 1.47. The van der Waals surface area contributed by atoms with Gasteiger partial charge in [-0.25, -0.2) is 4.79 Å². The number of ketones is 1. The molecule has 0 spiro atoms. The molecule has 1 unspecified atom stereocenters. The van der Waals surface area contributed by atoms with Crippen LogP contribution in [0.3, 0.4) is 0 Å². The summed E-state index contributed by atoms with van der Waals surface area (Å²) in [7, 11) is 0. The van der Waals surface area contributed by atoms with Gasteiger partial charge in [0.15, 0.2) is 5.92 Å². The molecule has 0 aromatic heterocycles. The number of Topliss-reactive ketones (excluding diaryl/α,β-unsaturated/α-hetero) is 1. The third kappa shape index (κ3) is 1.44. The molecular weight excluding hydrogens is 164 g/mol. The van der Waals surface area contributed by atoms with Crippen LogP contribution in [0.15, 0.2) is 0 Å². The molecule has 66 valence electrons. The Kier molecular flexibility index (Phi) is 2.42. The van der Waals surface area contributed by atoms with Crippen LogP contribution in [0.1, 0.15) is 6.92 Å². The van der Waals surface area contributed by atoms with E-state index in [0.29, 0.717) is 0 Å². The van der Waals surface area contributed by atoms with E-state index in [-0.39, 0.29) is 13.2 Å². The normalized spacial score (nSPS) is 22.2. The first-order valence-corrected chi connectivity index (χ1v) is 3.54. The number of cyclic esters (lactones) is 1. The standard InChI is InChI=1S/C7H8O5/c1-2-11-6(9)4-3-12-7(10)5(4)8/h4H,2-3H2,1H3. The second kappa shape index (κ2) is 3.34. The van der Waals surface area contributed by atoms with E-state index >= 15 is 0 Å². The first kappa shape index (κ1) is 8.70. The minimum atomic E-state index is -1.04. The van der Waals surface area contributed by atoms with Gasteiger partial charge in [-0.2, -0.15) is 0 Å². The lowest BCUT2D eigenvalue weighted by Gasteiger charge is -2.02. The van der Waals surface area contributed by atoms with Gasteiger partial charge in [0.25, 0.3) is 5.78 Å². The van der Waals surface area contributed by atoms with Crippen molar-refractivity contribution in [2.75, 3.05) is 13.2 Å². The Hall–Kier alpha value is -1.39. The highest BCUT2D eigenvalue weighted by molar-refractivity contribution is 6.39. The summed E-state index contributed by atoms with van der Waals surface area (Å²) >= 11 is 0. The number of carbonyl (C=O) groups excluding carboxylic acids is 3. The van der Waals surface area contributed by atoms with Crippen LogP contribution in [-0.2, 0) is 23.9 Å². The molecule has 0 N–H and O–H groups in total. The lowest BCUT2D eigenvalue weighted by Crippen LogP contribution is -2.25. The van der Waals surface area contributed by atoms with Gasteiger partial charge in [0.1, 0.15) is 6.61 Å². The Morgan fingerprint density at radius 3 is 2.75 bits per heavy atom. The van der Waals surface area contributed by atoms with Crippen molar-refractivity contribution < 1.29 is 23.9 Å². The molecule has 0 saturated carbocycles. The monoisotopic (exact) mass is 172 g/mol. The fourth-order valence-corrected chi connectivity index (χ4v) is 0.866. The Morgan fingerprint density at radius 2 is 2.33 bits per heavy atom. The summed E-state index contributed by atoms with van der Waals surface area (Å²) in [5.41, 5.74) is 0. The summed E-state index contributed by atoms with van der Waals surface area (Å²) in [6.45, 7) is 1.63. The van der Waals surface area contributed by atoms with Crippen LogP contribution in [0.2, 0.25) is 0 Å². The Morgan fingerprint density at radius 1 is 1.67 bits per heavy atom. The Labute approximate surface area is 68.6 Å². The summed E-state index contributed by atoms with van der Waals surface area (Å²) in [6.07, 6.45) is 0. The number of ether oxygens (including phenoxy) is 2. The van der Waals surface area contributed by atoms with Crippen LogP contribution in [-0.4, -0.2) is 30.9 Å². The van der Waals surface area contributed by atoms with E-state index in [9.17, 15) is 14.4 Å². The summed E-state index contributed by atoms with van der Waals surface area (Å²) in [5, 5.41) is 0. The molecule has 5 heteroatoms. The first-order valence-electron chi connectivity index (χ1n) is 3.54. The van der Waals surface area contributed by atoms with Crippen LogP contribution in [0.4, 0.5) is 0 Å². The lowest BCUT2D eigenvalue weighted by atomic mass is 10.1. The third-order valence-electron chi connectivity index (χ3n) is 1.47.